The smallest absolute Gasteiger partial charge is 0.255 e. The van der Waals surface area contributed by atoms with Crippen molar-refractivity contribution in [2.24, 2.45) is 0 Å². The molecule has 22 heavy (non-hydrogen) atoms. The molecule has 0 saturated heterocycles. The van der Waals surface area contributed by atoms with Crippen molar-refractivity contribution in [3.05, 3.63) is 53.1 Å². The fraction of sp³-hybridized carbons (Fsp3) is 0.176. The molecule has 0 unspecified atom stereocenters. The van der Waals surface area contributed by atoms with Gasteiger partial charge in [0, 0.05) is 16.8 Å². The van der Waals surface area contributed by atoms with E-state index in [2.05, 4.69) is 5.32 Å². The lowest BCUT2D eigenvalue weighted by molar-refractivity contribution is 0.102. The van der Waals surface area contributed by atoms with Gasteiger partial charge in [-0.15, -0.1) is 0 Å². The van der Waals surface area contributed by atoms with E-state index in [-0.39, 0.29) is 5.91 Å². The Morgan fingerprint density at radius 3 is 2.09 bits per heavy atom. The number of nitrogens with zero attached hydrogens (tertiary/aromatic N) is 1. The van der Waals surface area contributed by atoms with Crippen LogP contribution in [-0.2, 0) is 0 Å². The SMILES string of the molecule is COc1cc(C(=O)Nc2ccc(C#N)cc2)cc(OC)c1C. The number of carbonyl (C=O) groups excluding carboxylic acids is 1. The first-order valence-corrected chi connectivity index (χ1v) is 6.63. The summed E-state index contributed by atoms with van der Waals surface area (Å²) in [5, 5.41) is 11.5. The highest BCUT2D eigenvalue weighted by Gasteiger charge is 2.13. The summed E-state index contributed by atoms with van der Waals surface area (Å²) in [7, 11) is 3.09. The average Bonchev–Trinajstić information content (AvgIpc) is 2.55. The molecule has 2 aromatic carbocycles. The summed E-state index contributed by atoms with van der Waals surface area (Å²) in [6.45, 7) is 1.86. The van der Waals surface area contributed by atoms with E-state index in [0.29, 0.717) is 28.3 Å². The molecule has 0 heterocycles. The van der Waals surface area contributed by atoms with E-state index in [1.807, 2.05) is 13.0 Å². The summed E-state index contributed by atoms with van der Waals surface area (Å²) in [5.74, 6) is 0.898. The number of methoxy groups -OCH3 is 2. The van der Waals surface area contributed by atoms with Crippen molar-refractivity contribution >= 4 is 11.6 Å². The van der Waals surface area contributed by atoms with Crippen LogP contribution in [0.3, 0.4) is 0 Å². The maximum Gasteiger partial charge on any atom is 0.255 e. The summed E-state index contributed by atoms with van der Waals surface area (Å²) in [6, 6.07) is 12.0. The number of benzene rings is 2. The number of amides is 1. The van der Waals surface area contributed by atoms with Gasteiger partial charge >= 0.3 is 0 Å². The number of hydrogen-bond acceptors (Lipinski definition) is 4. The molecule has 2 aromatic rings. The van der Waals surface area contributed by atoms with Gasteiger partial charge in [0.2, 0.25) is 0 Å². The molecule has 5 heteroatoms. The third-order valence-electron chi connectivity index (χ3n) is 3.29. The molecule has 112 valence electrons. The van der Waals surface area contributed by atoms with Crippen LogP contribution >= 0.6 is 0 Å². The van der Waals surface area contributed by atoms with E-state index in [1.54, 1.807) is 50.6 Å². The van der Waals surface area contributed by atoms with Gasteiger partial charge in [0.25, 0.3) is 5.91 Å². The lowest BCUT2D eigenvalue weighted by Crippen LogP contribution is -2.12. The molecule has 1 N–H and O–H groups in total. The molecule has 1 amide bonds. The van der Waals surface area contributed by atoms with Crippen molar-refractivity contribution in [1.82, 2.24) is 0 Å². The van der Waals surface area contributed by atoms with E-state index in [1.165, 1.54) is 0 Å². The molecule has 0 fully saturated rings. The summed E-state index contributed by atoms with van der Waals surface area (Å²) in [6.07, 6.45) is 0. The minimum Gasteiger partial charge on any atom is -0.496 e. The summed E-state index contributed by atoms with van der Waals surface area (Å²) in [4.78, 5) is 12.3. The Morgan fingerprint density at radius 1 is 1.09 bits per heavy atom. The van der Waals surface area contributed by atoms with Crippen LogP contribution in [0, 0.1) is 18.3 Å². The van der Waals surface area contributed by atoms with Crippen molar-refractivity contribution in [3.63, 3.8) is 0 Å². The highest BCUT2D eigenvalue weighted by atomic mass is 16.5. The third-order valence-corrected chi connectivity index (χ3v) is 3.29. The van der Waals surface area contributed by atoms with Crippen LogP contribution in [0.2, 0.25) is 0 Å². The van der Waals surface area contributed by atoms with Crippen LogP contribution in [0.1, 0.15) is 21.5 Å². The fourth-order valence-corrected chi connectivity index (χ4v) is 2.05. The zero-order valence-corrected chi connectivity index (χ0v) is 12.6. The van der Waals surface area contributed by atoms with Crippen molar-refractivity contribution in [3.8, 4) is 17.6 Å². The van der Waals surface area contributed by atoms with Gasteiger partial charge in [-0.3, -0.25) is 4.79 Å². The largest absolute Gasteiger partial charge is 0.496 e. The predicted molar refractivity (Wildman–Crippen MR) is 83.4 cm³/mol. The van der Waals surface area contributed by atoms with Crippen LogP contribution < -0.4 is 14.8 Å². The minimum atomic E-state index is -0.277. The number of anilines is 1. The lowest BCUT2D eigenvalue weighted by Gasteiger charge is -2.12. The monoisotopic (exact) mass is 296 g/mol. The van der Waals surface area contributed by atoms with Crippen LogP contribution in [-0.4, -0.2) is 20.1 Å². The standard InChI is InChI=1S/C17H16N2O3/c1-11-15(21-2)8-13(9-16(11)22-3)17(20)19-14-6-4-12(10-18)5-7-14/h4-9H,1-3H3,(H,19,20). The van der Waals surface area contributed by atoms with Gasteiger partial charge in [0.15, 0.2) is 0 Å². The maximum atomic E-state index is 12.3. The van der Waals surface area contributed by atoms with Crippen LogP contribution in [0.5, 0.6) is 11.5 Å². The number of nitriles is 1. The first-order valence-electron chi connectivity index (χ1n) is 6.63. The van der Waals surface area contributed by atoms with Gasteiger partial charge in [0.05, 0.1) is 25.9 Å². The number of hydrogen-bond donors (Lipinski definition) is 1. The molecule has 0 spiro atoms. The summed E-state index contributed by atoms with van der Waals surface area (Å²) in [5.41, 5.74) is 2.42. The van der Waals surface area contributed by atoms with Gasteiger partial charge in [-0.25, -0.2) is 0 Å². The second-order valence-corrected chi connectivity index (χ2v) is 4.65. The van der Waals surface area contributed by atoms with Crippen molar-refractivity contribution in [2.75, 3.05) is 19.5 Å². The molecular weight excluding hydrogens is 280 g/mol. The lowest BCUT2D eigenvalue weighted by atomic mass is 10.1. The Balaban J connectivity index is 2.27. The van der Waals surface area contributed by atoms with E-state index in [9.17, 15) is 4.79 Å². The first-order chi connectivity index (χ1) is 10.6. The number of rotatable bonds is 4. The van der Waals surface area contributed by atoms with Crippen LogP contribution in [0.15, 0.2) is 36.4 Å². The molecule has 0 aromatic heterocycles. The topological polar surface area (TPSA) is 71.3 Å². The Morgan fingerprint density at radius 2 is 1.64 bits per heavy atom. The zero-order chi connectivity index (χ0) is 16.1. The molecule has 0 bridgehead atoms. The van der Waals surface area contributed by atoms with E-state index >= 15 is 0 Å². The normalized spacial score (nSPS) is 9.73. The molecule has 0 aliphatic carbocycles. The van der Waals surface area contributed by atoms with Gasteiger partial charge in [-0.2, -0.15) is 5.26 Å². The average molecular weight is 296 g/mol. The zero-order valence-electron chi connectivity index (χ0n) is 12.6. The van der Waals surface area contributed by atoms with Crippen LogP contribution in [0.25, 0.3) is 0 Å². The Labute approximate surface area is 129 Å². The quantitative estimate of drug-likeness (QED) is 0.941. The maximum absolute atomic E-state index is 12.3. The Bertz CT molecular complexity index is 706. The van der Waals surface area contributed by atoms with Gasteiger partial charge in [-0.1, -0.05) is 0 Å². The van der Waals surface area contributed by atoms with Gasteiger partial charge < -0.3 is 14.8 Å². The number of nitrogens with one attached hydrogen (secondary N) is 1. The summed E-state index contributed by atoms with van der Waals surface area (Å²) < 4.78 is 10.5. The highest BCUT2D eigenvalue weighted by Crippen LogP contribution is 2.29. The predicted octanol–water partition coefficient (Wildman–Crippen LogP) is 3.14. The van der Waals surface area contributed by atoms with Crippen molar-refractivity contribution in [1.29, 1.82) is 5.26 Å². The van der Waals surface area contributed by atoms with Crippen molar-refractivity contribution in [2.45, 2.75) is 6.92 Å². The fourth-order valence-electron chi connectivity index (χ4n) is 2.05. The Kier molecular flexibility index (Phi) is 4.64. The van der Waals surface area contributed by atoms with E-state index in [4.69, 9.17) is 14.7 Å². The molecule has 0 saturated carbocycles. The van der Waals surface area contributed by atoms with Gasteiger partial charge in [0.1, 0.15) is 11.5 Å². The number of ether oxygens (including phenoxy) is 2. The second kappa shape index (κ2) is 6.64. The van der Waals surface area contributed by atoms with Crippen LogP contribution in [0.4, 0.5) is 5.69 Å². The molecule has 0 aliphatic heterocycles. The molecule has 5 nitrogen and oxygen atoms in total. The number of carbonyl (C=O) groups is 1. The molecule has 0 aliphatic rings. The summed E-state index contributed by atoms with van der Waals surface area (Å²) >= 11 is 0. The second-order valence-electron chi connectivity index (χ2n) is 4.65. The van der Waals surface area contributed by atoms with Crippen molar-refractivity contribution < 1.29 is 14.3 Å². The molecular formula is C17H16N2O3. The molecule has 0 atom stereocenters. The van der Waals surface area contributed by atoms with E-state index < -0.39 is 0 Å². The highest BCUT2D eigenvalue weighted by molar-refractivity contribution is 6.05. The minimum absolute atomic E-state index is 0.277. The van der Waals surface area contributed by atoms with E-state index in [0.717, 1.165) is 5.56 Å². The molecule has 2 rings (SSSR count). The van der Waals surface area contributed by atoms with Gasteiger partial charge in [-0.05, 0) is 43.3 Å². The molecule has 0 radical (unpaired) electrons. The third kappa shape index (κ3) is 3.18. The Hall–Kier alpha value is -3.00. The first kappa shape index (κ1) is 15.4.